The zero-order valence-electron chi connectivity index (χ0n) is 13.8. The van der Waals surface area contributed by atoms with Crippen LogP contribution >= 0.6 is 0 Å². The normalized spacial score (nSPS) is 18.4. The monoisotopic (exact) mass is 322 g/mol. The second-order valence-corrected chi connectivity index (χ2v) is 6.74. The SMILES string of the molecule is CC(C)(C)OC(=O)NC1CCCN(C(=O)c2ccc(F)cc2)C1. The lowest BCUT2D eigenvalue weighted by molar-refractivity contribution is 0.0452. The molecule has 6 heteroatoms. The van der Waals surface area contributed by atoms with E-state index in [1.54, 1.807) is 25.7 Å². The number of nitrogens with zero attached hydrogens (tertiary/aromatic N) is 1. The van der Waals surface area contributed by atoms with Crippen molar-refractivity contribution >= 4 is 12.0 Å². The van der Waals surface area contributed by atoms with Gasteiger partial charge in [0.1, 0.15) is 11.4 Å². The summed E-state index contributed by atoms with van der Waals surface area (Å²) in [5, 5.41) is 2.81. The first-order valence-corrected chi connectivity index (χ1v) is 7.79. The topological polar surface area (TPSA) is 58.6 Å². The highest BCUT2D eigenvalue weighted by Gasteiger charge is 2.27. The summed E-state index contributed by atoms with van der Waals surface area (Å²) in [6, 6.07) is 5.36. The Kier molecular flexibility index (Phi) is 5.23. The third-order valence-electron chi connectivity index (χ3n) is 3.52. The first-order chi connectivity index (χ1) is 10.7. The average molecular weight is 322 g/mol. The quantitative estimate of drug-likeness (QED) is 0.911. The van der Waals surface area contributed by atoms with Crippen LogP contribution in [-0.4, -0.2) is 41.6 Å². The molecular weight excluding hydrogens is 299 g/mol. The zero-order chi connectivity index (χ0) is 17.0. The van der Waals surface area contributed by atoms with E-state index in [0.717, 1.165) is 12.8 Å². The number of ether oxygens (including phenoxy) is 1. The lowest BCUT2D eigenvalue weighted by atomic mass is 10.0. The van der Waals surface area contributed by atoms with Gasteiger partial charge in [-0.1, -0.05) is 0 Å². The summed E-state index contributed by atoms with van der Waals surface area (Å²) in [5.74, 6) is -0.523. The van der Waals surface area contributed by atoms with Crippen molar-refractivity contribution in [2.24, 2.45) is 0 Å². The summed E-state index contributed by atoms with van der Waals surface area (Å²) in [4.78, 5) is 25.9. The first kappa shape index (κ1) is 17.2. The molecule has 0 saturated carbocycles. The first-order valence-electron chi connectivity index (χ1n) is 7.79. The largest absolute Gasteiger partial charge is 0.444 e. The number of carbonyl (C=O) groups excluding carboxylic acids is 2. The minimum absolute atomic E-state index is 0.136. The Labute approximate surface area is 135 Å². The smallest absolute Gasteiger partial charge is 0.407 e. The number of nitrogens with one attached hydrogen (secondary N) is 1. The minimum atomic E-state index is -0.553. The summed E-state index contributed by atoms with van der Waals surface area (Å²) < 4.78 is 18.2. The third-order valence-corrected chi connectivity index (χ3v) is 3.52. The Morgan fingerprint density at radius 1 is 1.26 bits per heavy atom. The van der Waals surface area contributed by atoms with Gasteiger partial charge in [-0.3, -0.25) is 4.79 Å². The fourth-order valence-corrected chi connectivity index (χ4v) is 2.53. The summed E-state index contributed by atoms with van der Waals surface area (Å²) in [6.07, 6.45) is 1.12. The summed E-state index contributed by atoms with van der Waals surface area (Å²) in [5.41, 5.74) is -0.105. The number of likely N-dealkylation sites (tertiary alicyclic amines) is 1. The Bertz CT molecular complexity index is 566. The molecule has 2 amide bonds. The Morgan fingerprint density at radius 3 is 2.52 bits per heavy atom. The van der Waals surface area contributed by atoms with Crippen LogP contribution in [0.25, 0.3) is 0 Å². The van der Waals surface area contributed by atoms with E-state index in [2.05, 4.69) is 5.32 Å². The zero-order valence-corrected chi connectivity index (χ0v) is 13.8. The lowest BCUT2D eigenvalue weighted by Crippen LogP contribution is -2.50. The lowest BCUT2D eigenvalue weighted by Gasteiger charge is -2.33. The van der Waals surface area contributed by atoms with Crippen LogP contribution in [0.15, 0.2) is 24.3 Å². The van der Waals surface area contributed by atoms with Gasteiger partial charge in [0.15, 0.2) is 0 Å². The molecule has 0 aromatic heterocycles. The van der Waals surface area contributed by atoms with E-state index in [0.29, 0.717) is 18.7 Å². The summed E-state index contributed by atoms with van der Waals surface area (Å²) >= 11 is 0. The van der Waals surface area contributed by atoms with Gasteiger partial charge in [-0.05, 0) is 57.9 Å². The molecule has 1 saturated heterocycles. The molecule has 1 N–H and O–H groups in total. The van der Waals surface area contributed by atoms with Crippen LogP contribution < -0.4 is 5.32 Å². The van der Waals surface area contributed by atoms with Gasteiger partial charge in [0.25, 0.3) is 5.91 Å². The third kappa shape index (κ3) is 5.23. The molecule has 126 valence electrons. The number of hydrogen-bond acceptors (Lipinski definition) is 3. The van der Waals surface area contributed by atoms with Crippen molar-refractivity contribution in [1.82, 2.24) is 10.2 Å². The molecule has 23 heavy (non-hydrogen) atoms. The van der Waals surface area contributed by atoms with Gasteiger partial charge in [-0.15, -0.1) is 0 Å². The van der Waals surface area contributed by atoms with E-state index >= 15 is 0 Å². The molecule has 5 nitrogen and oxygen atoms in total. The number of amides is 2. The van der Waals surface area contributed by atoms with Crippen molar-refractivity contribution in [1.29, 1.82) is 0 Å². The molecule has 1 unspecified atom stereocenters. The van der Waals surface area contributed by atoms with Gasteiger partial charge < -0.3 is 15.0 Å². The molecule has 0 radical (unpaired) electrons. The van der Waals surface area contributed by atoms with E-state index in [4.69, 9.17) is 4.74 Å². The van der Waals surface area contributed by atoms with Crippen LogP contribution in [0.5, 0.6) is 0 Å². The van der Waals surface area contributed by atoms with Crippen LogP contribution in [0, 0.1) is 5.82 Å². The number of carbonyl (C=O) groups is 2. The van der Waals surface area contributed by atoms with Crippen molar-refractivity contribution in [2.45, 2.75) is 45.3 Å². The van der Waals surface area contributed by atoms with Gasteiger partial charge in [0.2, 0.25) is 0 Å². The van der Waals surface area contributed by atoms with Crippen LogP contribution in [0.3, 0.4) is 0 Å². The van der Waals surface area contributed by atoms with Crippen LogP contribution in [-0.2, 0) is 4.74 Å². The van der Waals surface area contributed by atoms with Crippen molar-refractivity contribution in [2.75, 3.05) is 13.1 Å². The number of piperidine rings is 1. The van der Waals surface area contributed by atoms with Gasteiger partial charge >= 0.3 is 6.09 Å². The molecule has 1 aliphatic rings. The van der Waals surface area contributed by atoms with E-state index in [1.807, 2.05) is 0 Å². The Hall–Kier alpha value is -2.11. The van der Waals surface area contributed by atoms with Crippen LogP contribution in [0.4, 0.5) is 9.18 Å². The fourth-order valence-electron chi connectivity index (χ4n) is 2.53. The van der Waals surface area contributed by atoms with Crippen LogP contribution in [0.2, 0.25) is 0 Å². The second-order valence-electron chi connectivity index (χ2n) is 6.74. The van der Waals surface area contributed by atoms with E-state index in [1.165, 1.54) is 24.3 Å². The number of halogens is 1. The number of benzene rings is 1. The van der Waals surface area contributed by atoms with Crippen molar-refractivity contribution < 1.29 is 18.7 Å². The van der Waals surface area contributed by atoms with Gasteiger partial charge in [-0.2, -0.15) is 0 Å². The molecule has 1 fully saturated rings. The predicted octanol–water partition coefficient (Wildman–Crippen LogP) is 2.96. The molecule has 1 aromatic rings. The molecule has 0 aliphatic carbocycles. The molecule has 1 heterocycles. The maximum absolute atomic E-state index is 12.9. The van der Waals surface area contributed by atoms with Gasteiger partial charge in [0, 0.05) is 24.7 Å². The molecule has 1 aromatic carbocycles. The molecule has 0 bridgehead atoms. The molecule has 1 aliphatic heterocycles. The number of hydrogen-bond donors (Lipinski definition) is 1. The summed E-state index contributed by atoms with van der Waals surface area (Å²) in [6.45, 7) is 6.46. The number of rotatable bonds is 2. The Morgan fingerprint density at radius 2 is 1.91 bits per heavy atom. The van der Waals surface area contributed by atoms with Gasteiger partial charge in [-0.25, -0.2) is 9.18 Å². The maximum Gasteiger partial charge on any atom is 0.407 e. The second kappa shape index (κ2) is 6.98. The van der Waals surface area contributed by atoms with Crippen molar-refractivity contribution in [3.63, 3.8) is 0 Å². The summed E-state index contributed by atoms with van der Waals surface area (Å²) in [7, 11) is 0. The maximum atomic E-state index is 12.9. The van der Waals surface area contributed by atoms with Crippen molar-refractivity contribution in [3.05, 3.63) is 35.6 Å². The van der Waals surface area contributed by atoms with Gasteiger partial charge in [0.05, 0.1) is 0 Å². The standard InChI is InChI=1S/C17H23FN2O3/c1-17(2,3)23-16(22)19-14-5-4-10-20(11-14)15(21)12-6-8-13(18)9-7-12/h6-9,14H,4-5,10-11H2,1-3H3,(H,19,22). The molecular formula is C17H23FN2O3. The van der Waals surface area contributed by atoms with Crippen LogP contribution in [0.1, 0.15) is 44.0 Å². The Balaban J connectivity index is 1.94. The molecule has 0 spiro atoms. The fraction of sp³-hybridized carbons (Fsp3) is 0.529. The highest BCUT2D eigenvalue weighted by molar-refractivity contribution is 5.94. The molecule has 1 atom stereocenters. The average Bonchev–Trinajstić information content (AvgIpc) is 2.45. The van der Waals surface area contributed by atoms with Crippen molar-refractivity contribution in [3.8, 4) is 0 Å². The highest BCUT2D eigenvalue weighted by atomic mass is 19.1. The minimum Gasteiger partial charge on any atom is -0.444 e. The van der Waals surface area contributed by atoms with E-state index < -0.39 is 11.7 Å². The van der Waals surface area contributed by atoms with E-state index in [-0.39, 0.29) is 17.8 Å². The van der Waals surface area contributed by atoms with E-state index in [9.17, 15) is 14.0 Å². The predicted molar refractivity (Wildman–Crippen MR) is 84.7 cm³/mol. The highest BCUT2D eigenvalue weighted by Crippen LogP contribution is 2.15. The molecule has 2 rings (SSSR count). The number of alkyl carbamates (subject to hydrolysis) is 1.